The van der Waals surface area contributed by atoms with Crippen LogP contribution in [0.2, 0.25) is 0 Å². The minimum absolute atomic E-state index is 0.125. The van der Waals surface area contributed by atoms with Crippen LogP contribution >= 0.6 is 31.9 Å². The molecule has 2 aromatic carbocycles. The zero-order valence-electron chi connectivity index (χ0n) is 14.6. The lowest BCUT2D eigenvalue weighted by molar-refractivity contribution is -0.123. The highest BCUT2D eigenvalue weighted by molar-refractivity contribution is 9.10. The van der Waals surface area contributed by atoms with E-state index in [1.165, 1.54) is 0 Å². The minimum Gasteiger partial charge on any atom is -0.298 e. The van der Waals surface area contributed by atoms with Gasteiger partial charge in [-0.25, -0.2) is 0 Å². The molecule has 0 spiro atoms. The smallest absolute Gasteiger partial charge is 0.148 e. The molecule has 0 radical (unpaired) electrons. The summed E-state index contributed by atoms with van der Waals surface area (Å²) in [5, 5.41) is 0. The lowest BCUT2D eigenvalue weighted by Gasteiger charge is -2.29. The monoisotopic (exact) mass is 450 g/mol. The number of benzene rings is 2. The van der Waals surface area contributed by atoms with Crippen molar-refractivity contribution in [3.05, 3.63) is 68.6 Å². The summed E-state index contributed by atoms with van der Waals surface area (Å²) in [5.74, 6) is 0.513. The third kappa shape index (κ3) is 4.18. The van der Waals surface area contributed by atoms with Crippen LogP contribution in [-0.2, 0) is 4.79 Å². The maximum absolute atomic E-state index is 13.6. The topological polar surface area (TPSA) is 17.1 Å². The molecule has 0 aliphatic heterocycles. The second-order valence-corrected chi connectivity index (χ2v) is 8.60. The summed E-state index contributed by atoms with van der Waals surface area (Å²) in [4.78, 5) is 13.6. The van der Waals surface area contributed by atoms with Crippen molar-refractivity contribution in [2.75, 3.05) is 0 Å². The Kier molecular flexibility index (Phi) is 6.82. The number of hydrogen-bond acceptors (Lipinski definition) is 1. The Morgan fingerprint density at radius 3 is 1.33 bits per heavy atom. The summed E-state index contributed by atoms with van der Waals surface area (Å²) < 4.78 is 2.01. The molecule has 0 saturated heterocycles. The van der Waals surface area contributed by atoms with Gasteiger partial charge < -0.3 is 0 Å². The van der Waals surface area contributed by atoms with Crippen molar-refractivity contribution in [2.24, 2.45) is 11.8 Å². The van der Waals surface area contributed by atoms with E-state index in [-0.39, 0.29) is 23.7 Å². The van der Waals surface area contributed by atoms with Crippen molar-refractivity contribution < 1.29 is 4.79 Å². The Labute approximate surface area is 162 Å². The molecular formula is C21H24Br2O. The fourth-order valence-electron chi connectivity index (χ4n) is 3.33. The van der Waals surface area contributed by atoms with Crippen LogP contribution in [0.15, 0.2) is 57.5 Å². The van der Waals surface area contributed by atoms with E-state index in [1.807, 2.05) is 36.4 Å². The first-order chi connectivity index (χ1) is 11.3. The van der Waals surface area contributed by atoms with E-state index in [0.29, 0.717) is 5.78 Å². The van der Waals surface area contributed by atoms with Gasteiger partial charge in [-0.05, 0) is 35.1 Å². The molecule has 0 fully saturated rings. The van der Waals surface area contributed by atoms with Gasteiger partial charge in [-0.1, -0.05) is 96.0 Å². The van der Waals surface area contributed by atoms with E-state index in [2.05, 4.69) is 71.7 Å². The number of halogens is 2. The van der Waals surface area contributed by atoms with Crippen LogP contribution in [-0.4, -0.2) is 5.78 Å². The van der Waals surface area contributed by atoms with E-state index >= 15 is 0 Å². The standard InChI is InChI=1S/C21H24Br2O/c1-13(2)19(15-9-5-7-11-17(15)22)21(24)20(14(3)4)16-10-6-8-12-18(16)23/h5-14,19-20H,1-4H3. The molecular weight excluding hydrogens is 428 g/mol. The molecule has 0 saturated carbocycles. The van der Waals surface area contributed by atoms with Gasteiger partial charge in [-0.15, -0.1) is 0 Å². The van der Waals surface area contributed by atoms with E-state index in [4.69, 9.17) is 0 Å². The van der Waals surface area contributed by atoms with Crippen molar-refractivity contribution in [2.45, 2.75) is 39.5 Å². The van der Waals surface area contributed by atoms with E-state index in [0.717, 1.165) is 20.1 Å². The highest BCUT2D eigenvalue weighted by Gasteiger charge is 2.34. The SMILES string of the molecule is CC(C)C(C(=O)C(c1ccccc1Br)C(C)C)c1ccccc1Br. The molecule has 0 N–H and O–H groups in total. The minimum atomic E-state index is -0.125. The number of rotatable bonds is 6. The van der Waals surface area contributed by atoms with Crippen LogP contribution < -0.4 is 0 Å². The molecule has 0 amide bonds. The Bertz CT molecular complexity index is 647. The van der Waals surface area contributed by atoms with Gasteiger partial charge in [0.25, 0.3) is 0 Å². The molecule has 0 bridgehead atoms. The normalized spacial score (nSPS) is 14.0. The van der Waals surface area contributed by atoms with Crippen LogP contribution in [0.4, 0.5) is 0 Å². The second kappa shape index (κ2) is 8.44. The van der Waals surface area contributed by atoms with Gasteiger partial charge in [0.05, 0.1) is 0 Å². The van der Waals surface area contributed by atoms with Crippen molar-refractivity contribution >= 4 is 37.6 Å². The van der Waals surface area contributed by atoms with E-state index in [1.54, 1.807) is 0 Å². The Hall–Kier alpha value is -0.930. The lowest BCUT2D eigenvalue weighted by atomic mass is 9.74. The molecule has 2 rings (SSSR count). The quantitative estimate of drug-likeness (QED) is 0.463. The van der Waals surface area contributed by atoms with Crippen molar-refractivity contribution in [1.29, 1.82) is 0 Å². The fourth-order valence-corrected chi connectivity index (χ4v) is 4.39. The van der Waals surface area contributed by atoms with Crippen LogP contribution in [0.5, 0.6) is 0 Å². The molecule has 0 heterocycles. The maximum Gasteiger partial charge on any atom is 0.148 e. The second-order valence-electron chi connectivity index (χ2n) is 6.89. The summed E-state index contributed by atoms with van der Waals surface area (Å²) in [7, 11) is 0. The van der Waals surface area contributed by atoms with Gasteiger partial charge in [0, 0.05) is 20.8 Å². The fraction of sp³-hybridized carbons (Fsp3) is 0.381. The highest BCUT2D eigenvalue weighted by atomic mass is 79.9. The zero-order chi connectivity index (χ0) is 17.9. The molecule has 24 heavy (non-hydrogen) atoms. The van der Waals surface area contributed by atoms with Crippen LogP contribution in [0.25, 0.3) is 0 Å². The van der Waals surface area contributed by atoms with Crippen molar-refractivity contribution in [3.8, 4) is 0 Å². The first kappa shape index (κ1) is 19.4. The summed E-state index contributed by atoms with van der Waals surface area (Å²) in [6.45, 7) is 8.50. The van der Waals surface area contributed by atoms with Crippen molar-refractivity contribution in [3.63, 3.8) is 0 Å². The third-order valence-corrected chi connectivity index (χ3v) is 5.87. The molecule has 0 aliphatic rings. The van der Waals surface area contributed by atoms with Gasteiger partial charge in [-0.3, -0.25) is 4.79 Å². The Morgan fingerprint density at radius 2 is 1.04 bits per heavy atom. The molecule has 2 aromatic rings. The summed E-state index contributed by atoms with van der Waals surface area (Å²) in [5.41, 5.74) is 2.16. The van der Waals surface area contributed by atoms with E-state index < -0.39 is 0 Å². The first-order valence-electron chi connectivity index (χ1n) is 8.37. The lowest BCUT2D eigenvalue weighted by Crippen LogP contribution is -2.28. The number of hydrogen-bond donors (Lipinski definition) is 0. The van der Waals surface area contributed by atoms with Gasteiger partial charge in [0.2, 0.25) is 0 Å². The molecule has 128 valence electrons. The highest BCUT2D eigenvalue weighted by Crippen LogP contribution is 2.40. The third-order valence-electron chi connectivity index (χ3n) is 4.43. The molecule has 3 heteroatoms. The van der Waals surface area contributed by atoms with Gasteiger partial charge in [0.15, 0.2) is 0 Å². The summed E-state index contributed by atoms with van der Waals surface area (Å²) in [6.07, 6.45) is 0. The molecule has 2 unspecified atom stereocenters. The zero-order valence-corrected chi connectivity index (χ0v) is 17.8. The number of ketones is 1. The average Bonchev–Trinajstić information content (AvgIpc) is 2.51. The van der Waals surface area contributed by atoms with Gasteiger partial charge >= 0.3 is 0 Å². The number of carbonyl (C=O) groups excluding carboxylic acids is 1. The maximum atomic E-state index is 13.6. The first-order valence-corrected chi connectivity index (χ1v) is 9.95. The van der Waals surface area contributed by atoms with Crippen LogP contribution in [0.3, 0.4) is 0 Å². The van der Waals surface area contributed by atoms with Crippen LogP contribution in [0.1, 0.15) is 50.7 Å². The summed E-state index contributed by atoms with van der Waals surface area (Å²) in [6, 6.07) is 16.1. The average molecular weight is 452 g/mol. The number of Topliss-reactive ketones (excluding diaryl/α,β-unsaturated/α-hetero) is 1. The predicted molar refractivity (Wildman–Crippen MR) is 108 cm³/mol. The molecule has 0 aliphatic carbocycles. The van der Waals surface area contributed by atoms with Gasteiger partial charge in [-0.2, -0.15) is 0 Å². The van der Waals surface area contributed by atoms with Gasteiger partial charge in [0.1, 0.15) is 5.78 Å². The Morgan fingerprint density at radius 1 is 0.708 bits per heavy atom. The molecule has 2 atom stereocenters. The Balaban J connectivity index is 2.51. The van der Waals surface area contributed by atoms with E-state index in [9.17, 15) is 4.79 Å². The van der Waals surface area contributed by atoms with Crippen LogP contribution in [0, 0.1) is 11.8 Å². The molecule has 0 aromatic heterocycles. The molecule has 1 nitrogen and oxygen atoms in total. The largest absolute Gasteiger partial charge is 0.298 e. The predicted octanol–water partition coefficient (Wildman–Crippen LogP) is 6.96. The van der Waals surface area contributed by atoms with Crippen molar-refractivity contribution in [1.82, 2.24) is 0 Å². The summed E-state index contributed by atoms with van der Waals surface area (Å²) >= 11 is 7.26. The number of carbonyl (C=O) groups is 1.